The highest BCUT2D eigenvalue weighted by Gasteiger charge is 2.53. The number of rotatable bonds is 2. The molecule has 24 heavy (non-hydrogen) atoms. The minimum Gasteiger partial charge on any atom is -0.311 e. The Morgan fingerprint density at radius 3 is 2.46 bits per heavy atom. The monoisotopic (exact) mass is 344 g/mol. The van der Waals surface area contributed by atoms with Crippen LogP contribution >= 0.6 is 12.2 Å². The molecule has 1 heterocycles. The van der Waals surface area contributed by atoms with Crippen molar-refractivity contribution in [1.29, 1.82) is 5.26 Å². The van der Waals surface area contributed by atoms with Crippen molar-refractivity contribution in [3.05, 3.63) is 34.4 Å². The Morgan fingerprint density at radius 1 is 1.29 bits per heavy atom. The maximum Gasteiger partial charge on any atom is 0.269 e. The van der Waals surface area contributed by atoms with Crippen LogP contribution in [-0.4, -0.2) is 21.5 Å². The molecule has 1 saturated carbocycles. The van der Waals surface area contributed by atoms with E-state index in [1.54, 1.807) is 12.1 Å². The average molecular weight is 344 g/mol. The van der Waals surface area contributed by atoms with Gasteiger partial charge in [-0.15, -0.1) is 0 Å². The summed E-state index contributed by atoms with van der Waals surface area (Å²) >= 11 is 5.38. The van der Waals surface area contributed by atoms with Crippen molar-refractivity contribution in [2.75, 3.05) is 4.90 Å². The summed E-state index contributed by atoms with van der Waals surface area (Å²) in [5.41, 5.74) is -0.0317. The van der Waals surface area contributed by atoms with Crippen LogP contribution in [0.2, 0.25) is 0 Å². The van der Waals surface area contributed by atoms with Gasteiger partial charge in [-0.1, -0.05) is 19.3 Å². The molecule has 0 radical (unpaired) electrons. The van der Waals surface area contributed by atoms with Crippen LogP contribution in [-0.2, 0) is 4.79 Å². The van der Waals surface area contributed by atoms with Gasteiger partial charge in [0.25, 0.3) is 5.69 Å². The molecule has 2 fully saturated rings. The van der Waals surface area contributed by atoms with E-state index in [1.165, 1.54) is 12.1 Å². The van der Waals surface area contributed by atoms with Gasteiger partial charge in [0, 0.05) is 17.8 Å². The number of benzene rings is 1. The first kappa shape index (κ1) is 16.3. The number of carbonyl (C=O) groups excluding carboxylic acids is 1. The van der Waals surface area contributed by atoms with E-state index in [1.807, 2.05) is 4.90 Å². The van der Waals surface area contributed by atoms with E-state index in [0.717, 1.165) is 19.3 Å². The second-order valence-corrected chi connectivity index (χ2v) is 6.52. The quantitative estimate of drug-likeness (QED) is 0.503. The van der Waals surface area contributed by atoms with Crippen LogP contribution in [0.4, 0.5) is 11.4 Å². The first-order valence-corrected chi connectivity index (χ1v) is 8.19. The molecule has 1 atom stereocenters. The molecular formula is C16H16N4O3S. The second-order valence-electron chi connectivity index (χ2n) is 6.13. The Bertz CT molecular complexity index is 735. The molecule has 1 aromatic carbocycles. The van der Waals surface area contributed by atoms with E-state index in [-0.39, 0.29) is 16.7 Å². The summed E-state index contributed by atoms with van der Waals surface area (Å²) in [6.45, 7) is 0. The maximum atomic E-state index is 12.3. The number of carbonyl (C=O) groups is 1. The molecule has 1 aliphatic carbocycles. The molecule has 1 aromatic rings. The van der Waals surface area contributed by atoms with E-state index in [2.05, 4.69) is 11.4 Å². The molecule has 1 aliphatic heterocycles. The molecule has 8 heteroatoms. The zero-order chi connectivity index (χ0) is 17.3. The minimum absolute atomic E-state index is 0.0137. The van der Waals surface area contributed by atoms with Gasteiger partial charge in [-0.3, -0.25) is 14.9 Å². The van der Waals surface area contributed by atoms with Crippen LogP contribution in [0.15, 0.2) is 24.3 Å². The fourth-order valence-electron chi connectivity index (χ4n) is 3.76. The highest BCUT2D eigenvalue weighted by molar-refractivity contribution is 7.80. The summed E-state index contributed by atoms with van der Waals surface area (Å²) < 4.78 is 0. The molecule has 1 spiro atoms. The second kappa shape index (κ2) is 6.17. The van der Waals surface area contributed by atoms with E-state index in [0.29, 0.717) is 18.5 Å². The Morgan fingerprint density at radius 2 is 1.92 bits per heavy atom. The molecule has 7 nitrogen and oxygen atoms in total. The van der Waals surface area contributed by atoms with Crippen LogP contribution < -0.4 is 10.2 Å². The van der Waals surface area contributed by atoms with Crippen LogP contribution in [0.25, 0.3) is 0 Å². The zero-order valence-electron chi connectivity index (χ0n) is 12.9. The van der Waals surface area contributed by atoms with Crippen molar-refractivity contribution in [3.8, 4) is 6.07 Å². The van der Waals surface area contributed by atoms with Crippen LogP contribution in [0.3, 0.4) is 0 Å². The van der Waals surface area contributed by atoms with Crippen molar-refractivity contribution in [2.45, 2.75) is 37.6 Å². The number of thiocarbonyl (C=S) groups is 1. The van der Waals surface area contributed by atoms with Crippen molar-refractivity contribution >= 4 is 34.6 Å². The van der Waals surface area contributed by atoms with Gasteiger partial charge in [-0.05, 0) is 37.2 Å². The first-order chi connectivity index (χ1) is 11.5. The fraction of sp³-hybridized carbons (Fsp3) is 0.438. The van der Waals surface area contributed by atoms with Gasteiger partial charge in [0.1, 0.15) is 5.92 Å². The number of nitro benzene ring substituents is 1. The summed E-state index contributed by atoms with van der Waals surface area (Å²) in [4.78, 5) is 24.5. The highest BCUT2D eigenvalue weighted by atomic mass is 32.1. The zero-order valence-corrected chi connectivity index (χ0v) is 13.7. The Labute approximate surface area is 144 Å². The standard InChI is InChI=1S/C16H16N4O3S/c17-10-13-14(21)18-15(24)19(16(13)8-2-1-3-9-16)11-4-6-12(7-5-11)20(22)23/h4-7,13H,1-3,8-9H2,(H,18,21,24). The summed E-state index contributed by atoms with van der Waals surface area (Å²) in [5, 5.41) is 23.3. The van der Waals surface area contributed by atoms with Crippen LogP contribution in [0.5, 0.6) is 0 Å². The van der Waals surface area contributed by atoms with Gasteiger partial charge in [-0.2, -0.15) is 5.26 Å². The largest absolute Gasteiger partial charge is 0.311 e. The van der Waals surface area contributed by atoms with Crippen LogP contribution in [0.1, 0.15) is 32.1 Å². The fourth-order valence-corrected chi connectivity index (χ4v) is 4.15. The molecule has 0 bridgehead atoms. The smallest absolute Gasteiger partial charge is 0.269 e. The van der Waals surface area contributed by atoms with Gasteiger partial charge in [0.2, 0.25) is 5.91 Å². The Kier molecular flexibility index (Phi) is 4.20. The third-order valence-electron chi connectivity index (χ3n) is 4.85. The van der Waals surface area contributed by atoms with Gasteiger partial charge in [0.05, 0.1) is 16.5 Å². The Hall–Kier alpha value is -2.53. The summed E-state index contributed by atoms with van der Waals surface area (Å²) in [7, 11) is 0. The minimum atomic E-state index is -0.820. The summed E-state index contributed by atoms with van der Waals surface area (Å²) in [6, 6.07) is 8.20. The number of nitriles is 1. The van der Waals surface area contributed by atoms with Gasteiger partial charge >= 0.3 is 0 Å². The lowest BCUT2D eigenvalue weighted by Gasteiger charge is -2.52. The third kappa shape index (κ3) is 2.51. The number of nitro groups is 1. The molecule has 1 unspecified atom stereocenters. The van der Waals surface area contributed by atoms with E-state index >= 15 is 0 Å². The van der Waals surface area contributed by atoms with Crippen molar-refractivity contribution in [3.63, 3.8) is 0 Å². The molecule has 3 rings (SSSR count). The molecule has 0 aromatic heterocycles. The van der Waals surface area contributed by atoms with E-state index in [9.17, 15) is 20.2 Å². The molecule has 124 valence electrons. The van der Waals surface area contributed by atoms with Gasteiger partial charge in [0.15, 0.2) is 5.11 Å². The van der Waals surface area contributed by atoms with Crippen molar-refractivity contribution in [2.24, 2.45) is 5.92 Å². The SMILES string of the molecule is N#CC1C(=O)NC(=S)N(c2ccc([N+](=O)[O-])cc2)C12CCCCC2. The lowest BCUT2D eigenvalue weighted by atomic mass is 9.70. The normalized spacial score (nSPS) is 22.8. The van der Waals surface area contributed by atoms with Crippen molar-refractivity contribution < 1.29 is 9.72 Å². The van der Waals surface area contributed by atoms with Crippen molar-refractivity contribution in [1.82, 2.24) is 5.32 Å². The molecular weight excluding hydrogens is 328 g/mol. The average Bonchev–Trinajstić information content (AvgIpc) is 2.56. The predicted molar refractivity (Wildman–Crippen MR) is 91.2 cm³/mol. The van der Waals surface area contributed by atoms with Gasteiger partial charge in [-0.25, -0.2) is 0 Å². The predicted octanol–water partition coefficient (Wildman–Crippen LogP) is 2.66. The maximum absolute atomic E-state index is 12.3. The first-order valence-electron chi connectivity index (χ1n) is 7.79. The number of nitrogens with one attached hydrogen (secondary N) is 1. The van der Waals surface area contributed by atoms with Crippen LogP contribution in [0, 0.1) is 27.4 Å². The number of amides is 1. The highest BCUT2D eigenvalue weighted by Crippen LogP contribution is 2.44. The Balaban J connectivity index is 2.08. The molecule has 1 amide bonds. The summed E-state index contributed by atoms with van der Waals surface area (Å²) in [6.07, 6.45) is 4.27. The van der Waals surface area contributed by atoms with Gasteiger partial charge < -0.3 is 10.2 Å². The number of nitrogens with zero attached hydrogens (tertiary/aromatic N) is 3. The lowest BCUT2D eigenvalue weighted by molar-refractivity contribution is -0.384. The molecule has 1 saturated heterocycles. The number of hydrogen-bond acceptors (Lipinski definition) is 5. The number of non-ortho nitro benzene ring substituents is 1. The lowest BCUT2D eigenvalue weighted by Crippen LogP contribution is -2.68. The van der Waals surface area contributed by atoms with E-state index in [4.69, 9.17) is 12.2 Å². The molecule has 1 N–H and O–H groups in total. The summed E-state index contributed by atoms with van der Waals surface area (Å²) in [5.74, 6) is -1.18. The topological polar surface area (TPSA) is 99.3 Å². The molecule has 2 aliphatic rings. The third-order valence-corrected chi connectivity index (χ3v) is 5.13. The number of anilines is 1. The number of hydrogen-bond donors (Lipinski definition) is 1. The van der Waals surface area contributed by atoms with E-state index < -0.39 is 16.4 Å².